The van der Waals surface area contributed by atoms with E-state index in [1.54, 1.807) is 30.3 Å². The first-order valence-corrected chi connectivity index (χ1v) is 6.46. The Morgan fingerprint density at radius 1 is 1.10 bits per heavy atom. The standard InChI is InChI=1S/C15H11ClN2O2/c16-12-8-10(5-6-13(12)17)18-14(19)7-9-3-1-2-4-11(9)15(18)20/h1-6,8H,7,17H2. The smallest absolute Gasteiger partial charge is 0.265 e. The normalized spacial score (nSPS) is 14.3. The summed E-state index contributed by atoms with van der Waals surface area (Å²) in [6.07, 6.45) is 0.198. The van der Waals surface area contributed by atoms with Gasteiger partial charge in [-0.1, -0.05) is 29.8 Å². The molecule has 100 valence electrons. The Morgan fingerprint density at radius 3 is 2.60 bits per heavy atom. The number of amides is 2. The molecule has 0 fully saturated rings. The van der Waals surface area contributed by atoms with Gasteiger partial charge in [0.05, 0.1) is 22.8 Å². The second kappa shape index (κ2) is 4.65. The van der Waals surface area contributed by atoms with Crippen LogP contribution in [-0.2, 0) is 11.2 Å². The van der Waals surface area contributed by atoms with Crippen molar-refractivity contribution in [1.82, 2.24) is 0 Å². The van der Waals surface area contributed by atoms with E-state index in [9.17, 15) is 9.59 Å². The van der Waals surface area contributed by atoms with Gasteiger partial charge in [0.2, 0.25) is 5.91 Å². The molecule has 0 bridgehead atoms. The van der Waals surface area contributed by atoms with Crippen LogP contribution in [0.2, 0.25) is 5.02 Å². The van der Waals surface area contributed by atoms with E-state index in [1.807, 2.05) is 6.07 Å². The van der Waals surface area contributed by atoms with Crippen molar-refractivity contribution in [3.8, 4) is 0 Å². The predicted molar refractivity (Wildman–Crippen MR) is 77.8 cm³/mol. The van der Waals surface area contributed by atoms with Crippen molar-refractivity contribution >= 4 is 34.8 Å². The highest BCUT2D eigenvalue weighted by Crippen LogP contribution is 2.29. The summed E-state index contributed by atoms with van der Waals surface area (Å²) in [7, 11) is 0. The molecule has 0 radical (unpaired) electrons. The quantitative estimate of drug-likeness (QED) is 0.647. The van der Waals surface area contributed by atoms with E-state index in [0.717, 1.165) is 10.5 Å². The molecule has 0 aliphatic carbocycles. The Bertz CT molecular complexity index is 728. The fourth-order valence-corrected chi connectivity index (χ4v) is 2.45. The maximum absolute atomic E-state index is 12.5. The zero-order valence-corrected chi connectivity index (χ0v) is 11.2. The minimum atomic E-state index is -0.335. The van der Waals surface area contributed by atoms with Gasteiger partial charge >= 0.3 is 0 Å². The van der Waals surface area contributed by atoms with E-state index in [-0.39, 0.29) is 18.2 Å². The minimum absolute atomic E-state index is 0.198. The molecule has 4 nitrogen and oxygen atoms in total. The third-order valence-corrected chi connectivity index (χ3v) is 3.61. The highest BCUT2D eigenvalue weighted by Gasteiger charge is 2.31. The van der Waals surface area contributed by atoms with Crippen molar-refractivity contribution in [3.63, 3.8) is 0 Å². The summed E-state index contributed by atoms with van der Waals surface area (Å²) in [6.45, 7) is 0. The van der Waals surface area contributed by atoms with E-state index < -0.39 is 0 Å². The van der Waals surface area contributed by atoms with Gasteiger partial charge in [0.25, 0.3) is 5.91 Å². The van der Waals surface area contributed by atoms with Gasteiger partial charge in [-0.3, -0.25) is 9.59 Å². The lowest BCUT2D eigenvalue weighted by atomic mass is 9.98. The fraction of sp³-hybridized carbons (Fsp3) is 0.0667. The number of carbonyl (C=O) groups is 2. The Kier molecular flexibility index (Phi) is 2.95. The number of hydrogen-bond donors (Lipinski definition) is 1. The zero-order valence-electron chi connectivity index (χ0n) is 10.5. The molecular weight excluding hydrogens is 276 g/mol. The first-order valence-electron chi connectivity index (χ1n) is 6.08. The highest BCUT2D eigenvalue weighted by atomic mass is 35.5. The van der Waals surface area contributed by atoms with Crippen LogP contribution in [-0.4, -0.2) is 11.8 Å². The number of nitrogen functional groups attached to an aromatic ring is 1. The van der Waals surface area contributed by atoms with Crippen molar-refractivity contribution in [2.75, 3.05) is 10.6 Å². The molecule has 1 heterocycles. The monoisotopic (exact) mass is 286 g/mol. The third kappa shape index (κ3) is 1.94. The molecule has 0 unspecified atom stereocenters. The Hall–Kier alpha value is -2.33. The first kappa shape index (κ1) is 12.7. The lowest BCUT2D eigenvalue weighted by molar-refractivity contribution is -0.117. The summed E-state index contributed by atoms with van der Waals surface area (Å²) in [4.78, 5) is 25.8. The minimum Gasteiger partial charge on any atom is -0.398 e. The van der Waals surface area contributed by atoms with Crippen LogP contribution in [0.5, 0.6) is 0 Å². The molecule has 2 amide bonds. The van der Waals surface area contributed by atoms with Crippen molar-refractivity contribution in [2.45, 2.75) is 6.42 Å². The molecule has 2 aromatic carbocycles. The van der Waals surface area contributed by atoms with Gasteiger partial charge in [-0.05, 0) is 29.8 Å². The Labute approximate surface area is 120 Å². The number of fused-ring (bicyclic) bond motifs is 1. The van der Waals surface area contributed by atoms with Crippen LogP contribution in [0.15, 0.2) is 42.5 Å². The molecule has 3 rings (SSSR count). The number of hydrogen-bond acceptors (Lipinski definition) is 3. The molecule has 1 aliphatic heterocycles. The van der Waals surface area contributed by atoms with E-state index in [0.29, 0.717) is 22.0 Å². The molecule has 0 spiro atoms. The molecule has 0 aromatic heterocycles. The van der Waals surface area contributed by atoms with E-state index >= 15 is 0 Å². The van der Waals surface area contributed by atoms with Gasteiger partial charge in [-0.15, -0.1) is 0 Å². The van der Waals surface area contributed by atoms with Crippen LogP contribution in [0.1, 0.15) is 15.9 Å². The Morgan fingerprint density at radius 2 is 1.85 bits per heavy atom. The molecule has 5 heteroatoms. The lowest BCUT2D eigenvalue weighted by Crippen LogP contribution is -2.42. The van der Waals surface area contributed by atoms with E-state index in [1.165, 1.54) is 6.07 Å². The summed E-state index contributed by atoms with van der Waals surface area (Å²) >= 11 is 5.95. The molecule has 2 N–H and O–H groups in total. The topological polar surface area (TPSA) is 63.4 Å². The SMILES string of the molecule is Nc1ccc(N2C(=O)Cc3ccccc3C2=O)cc1Cl. The molecule has 0 saturated heterocycles. The van der Waals surface area contributed by atoms with Crippen molar-refractivity contribution in [2.24, 2.45) is 0 Å². The summed E-state index contributed by atoms with van der Waals surface area (Å²) in [5.41, 5.74) is 7.78. The van der Waals surface area contributed by atoms with Crippen LogP contribution in [0.3, 0.4) is 0 Å². The van der Waals surface area contributed by atoms with E-state index in [4.69, 9.17) is 17.3 Å². The first-order chi connectivity index (χ1) is 9.58. The molecule has 2 aromatic rings. The highest BCUT2D eigenvalue weighted by molar-refractivity contribution is 6.34. The third-order valence-electron chi connectivity index (χ3n) is 3.28. The average Bonchev–Trinajstić information content (AvgIpc) is 2.43. The second-order valence-corrected chi connectivity index (χ2v) is 4.98. The molecule has 0 atom stereocenters. The summed E-state index contributed by atoms with van der Waals surface area (Å²) < 4.78 is 0. The zero-order chi connectivity index (χ0) is 14.3. The fourth-order valence-electron chi connectivity index (χ4n) is 2.28. The molecule has 20 heavy (non-hydrogen) atoms. The van der Waals surface area contributed by atoms with Gasteiger partial charge < -0.3 is 5.73 Å². The van der Waals surface area contributed by atoms with Gasteiger partial charge in [0.15, 0.2) is 0 Å². The Balaban J connectivity index is 2.08. The molecular formula is C15H11ClN2O2. The van der Waals surface area contributed by atoms with Crippen LogP contribution in [0, 0.1) is 0 Å². The number of benzene rings is 2. The van der Waals surface area contributed by atoms with Gasteiger partial charge in [0.1, 0.15) is 0 Å². The number of carbonyl (C=O) groups excluding carboxylic acids is 2. The molecule has 1 aliphatic rings. The van der Waals surface area contributed by atoms with Gasteiger partial charge in [0, 0.05) is 5.56 Å². The number of rotatable bonds is 1. The number of imide groups is 1. The average molecular weight is 287 g/mol. The van der Waals surface area contributed by atoms with E-state index in [2.05, 4.69) is 0 Å². The van der Waals surface area contributed by atoms with Gasteiger partial charge in [-0.2, -0.15) is 0 Å². The van der Waals surface area contributed by atoms with Crippen LogP contribution in [0.4, 0.5) is 11.4 Å². The lowest BCUT2D eigenvalue weighted by Gasteiger charge is -2.27. The summed E-state index contributed by atoms with van der Waals surface area (Å²) in [6, 6.07) is 11.8. The second-order valence-electron chi connectivity index (χ2n) is 4.57. The number of nitrogens with zero attached hydrogens (tertiary/aromatic N) is 1. The van der Waals surface area contributed by atoms with Crippen LogP contribution in [0.25, 0.3) is 0 Å². The van der Waals surface area contributed by atoms with Crippen molar-refractivity contribution in [1.29, 1.82) is 0 Å². The number of halogens is 1. The van der Waals surface area contributed by atoms with Crippen molar-refractivity contribution < 1.29 is 9.59 Å². The predicted octanol–water partition coefficient (Wildman–Crippen LogP) is 2.65. The summed E-state index contributed by atoms with van der Waals surface area (Å²) in [5, 5.41) is 0.321. The largest absolute Gasteiger partial charge is 0.398 e. The number of anilines is 2. The maximum Gasteiger partial charge on any atom is 0.265 e. The van der Waals surface area contributed by atoms with Crippen molar-refractivity contribution in [3.05, 3.63) is 58.6 Å². The van der Waals surface area contributed by atoms with Gasteiger partial charge in [-0.25, -0.2) is 4.90 Å². The van der Waals surface area contributed by atoms with Crippen LogP contribution < -0.4 is 10.6 Å². The molecule has 0 saturated carbocycles. The maximum atomic E-state index is 12.5. The summed E-state index contributed by atoms with van der Waals surface area (Å²) in [5.74, 6) is -0.604. The number of nitrogens with two attached hydrogens (primary N) is 1. The van der Waals surface area contributed by atoms with Crippen LogP contribution >= 0.6 is 11.6 Å².